The van der Waals surface area contributed by atoms with Gasteiger partial charge in [-0.25, -0.2) is 9.18 Å². The van der Waals surface area contributed by atoms with Crippen LogP contribution in [-0.2, 0) is 9.53 Å². The van der Waals surface area contributed by atoms with Gasteiger partial charge in [-0.05, 0) is 54.8 Å². The van der Waals surface area contributed by atoms with Crippen LogP contribution in [0, 0.1) is 19.7 Å². The summed E-state index contributed by atoms with van der Waals surface area (Å²) in [6, 6.07) is 9.49. The van der Waals surface area contributed by atoms with Crippen LogP contribution >= 0.6 is 0 Å². The van der Waals surface area contributed by atoms with E-state index in [0.717, 1.165) is 5.56 Å². The van der Waals surface area contributed by atoms with Crippen molar-refractivity contribution in [3.8, 4) is 5.75 Å². The van der Waals surface area contributed by atoms with Crippen molar-refractivity contribution in [3.05, 3.63) is 64.5 Å². The Labute approximate surface area is 162 Å². The number of benzene rings is 2. The highest BCUT2D eigenvalue weighted by atomic mass is 19.1. The maximum atomic E-state index is 13.1. The van der Waals surface area contributed by atoms with E-state index in [1.54, 1.807) is 43.0 Å². The molecule has 1 fully saturated rings. The molecule has 0 saturated carbocycles. The number of rotatable bonds is 5. The second kappa shape index (κ2) is 8.39. The molecule has 6 nitrogen and oxygen atoms in total. The Bertz CT molecular complexity index is 858. The summed E-state index contributed by atoms with van der Waals surface area (Å²) in [5, 5.41) is 8.79. The molecule has 1 unspecified atom stereocenters. The lowest BCUT2D eigenvalue weighted by atomic mass is 10.0. The minimum atomic E-state index is -1.06. The predicted molar refractivity (Wildman–Crippen MR) is 100 cm³/mol. The van der Waals surface area contributed by atoms with Gasteiger partial charge in [-0.1, -0.05) is 12.1 Å². The zero-order valence-corrected chi connectivity index (χ0v) is 15.8. The lowest BCUT2D eigenvalue weighted by Crippen LogP contribution is -2.42. The molecule has 0 aromatic heterocycles. The van der Waals surface area contributed by atoms with Gasteiger partial charge >= 0.3 is 5.97 Å². The van der Waals surface area contributed by atoms with Crippen molar-refractivity contribution >= 4 is 11.9 Å². The summed E-state index contributed by atoms with van der Waals surface area (Å²) in [6.45, 7) is 4.36. The molecule has 3 rings (SSSR count). The number of hydrogen-bond donors (Lipinski definition) is 1. The number of hydrogen-bond acceptors (Lipinski definition) is 4. The molecule has 148 valence electrons. The van der Waals surface area contributed by atoms with Crippen LogP contribution in [-0.4, -0.2) is 48.2 Å². The minimum absolute atomic E-state index is 0.133. The van der Waals surface area contributed by atoms with Crippen LogP contribution in [0.5, 0.6) is 5.75 Å². The Morgan fingerprint density at radius 2 is 1.86 bits per heavy atom. The highest BCUT2D eigenvalue weighted by Crippen LogP contribution is 2.27. The smallest absolute Gasteiger partial charge is 0.341 e. The van der Waals surface area contributed by atoms with Gasteiger partial charge in [0.1, 0.15) is 17.7 Å². The van der Waals surface area contributed by atoms with Gasteiger partial charge in [-0.15, -0.1) is 0 Å². The molecule has 7 heteroatoms. The maximum absolute atomic E-state index is 13.1. The van der Waals surface area contributed by atoms with Gasteiger partial charge in [-0.2, -0.15) is 0 Å². The van der Waals surface area contributed by atoms with Gasteiger partial charge in [0.2, 0.25) is 0 Å². The summed E-state index contributed by atoms with van der Waals surface area (Å²) in [6.07, 6.45) is -0.307. The van der Waals surface area contributed by atoms with Gasteiger partial charge < -0.3 is 19.5 Å². The molecular formula is C21H22FNO5. The first-order chi connectivity index (χ1) is 13.3. The van der Waals surface area contributed by atoms with Gasteiger partial charge in [0, 0.05) is 12.1 Å². The molecule has 28 heavy (non-hydrogen) atoms. The predicted octanol–water partition coefficient (Wildman–Crippen LogP) is 3.12. The molecule has 1 atom stereocenters. The lowest BCUT2D eigenvalue weighted by molar-refractivity contribution is -0.139. The third-order valence-electron chi connectivity index (χ3n) is 4.64. The molecule has 2 aromatic rings. The lowest BCUT2D eigenvalue weighted by Gasteiger charge is -2.33. The number of halogens is 1. The average molecular weight is 387 g/mol. The van der Waals surface area contributed by atoms with Gasteiger partial charge in [0.05, 0.1) is 13.2 Å². The molecule has 1 saturated heterocycles. The zero-order valence-electron chi connectivity index (χ0n) is 15.8. The molecule has 1 aliphatic heterocycles. The number of carbonyl (C=O) groups is 2. The third-order valence-corrected chi connectivity index (χ3v) is 4.64. The first-order valence-electron chi connectivity index (χ1n) is 8.97. The number of aryl methyl sites for hydroxylation is 2. The Morgan fingerprint density at radius 1 is 1.21 bits per heavy atom. The fourth-order valence-electron chi connectivity index (χ4n) is 3.33. The minimum Gasteiger partial charge on any atom is -0.481 e. The fraction of sp³-hybridized carbons (Fsp3) is 0.333. The molecule has 1 N–H and O–H groups in total. The number of nitrogens with zero attached hydrogens (tertiary/aromatic N) is 1. The van der Waals surface area contributed by atoms with Crippen LogP contribution in [0.3, 0.4) is 0 Å². The Morgan fingerprint density at radius 3 is 2.46 bits per heavy atom. The third kappa shape index (κ3) is 4.48. The number of amides is 1. The standard InChI is InChI=1S/C21H22FNO5/c1-13-9-16(10-14(2)20(13)28-12-19(24)25)21(26)23-7-8-27-18(11-23)15-3-5-17(22)6-4-15/h3-6,9-10,18H,7-8,11-12H2,1-2H3,(H,24,25). The van der Waals surface area contributed by atoms with Gasteiger partial charge in [0.25, 0.3) is 5.91 Å². The summed E-state index contributed by atoms with van der Waals surface area (Å²) >= 11 is 0. The van der Waals surface area contributed by atoms with E-state index in [1.807, 2.05) is 0 Å². The summed E-state index contributed by atoms with van der Waals surface area (Å²) in [5.74, 6) is -1.03. The second-order valence-electron chi connectivity index (χ2n) is 6.78. The Kier molecular flexibility index (Phi) is 5.94. The summed E-state index contributed by atoms with van der Waals surface area (Å²) in [7, 11) is 0. The molecule has 0 bridgehead atoms. The first-order valence-corrected chi connectivity index (χ1v) is 8.97. The quantitative estimate of drug-likeness (QED) is 0.853. The average Bonchev–Trinajstić information content (AvgIpc) is 2.67. The van der Waals surface area contributed by atoms with Crippen molar-refractivity contribution in [2.45, 2.75) is 20.0 Å². The first kappa shape index (κ1) is 19.8. The number of ether oxygens (including phenoxy) is 2. The normalized spacial score (nSPS) is 16.7. The van der Waals surface area contributed by atoms with Crippen LogP contribution < -0.4 is 4.74 Å². The van der Waals surface area contributed by atoms with Crippen molar-refractivity contribution in [1.29, 1.82) is 0 Å². The van der Waals surface area contributed by atoms with E-state index < -0.39 is 12.6 Å². The Hall–Kier alpha value is -2.93. The van der Waals surface area contributed by atoms with Crippen LogP contribution in [0.1, 0.15) is 33.2 Å². The monoisotopic (exact) mass is 387 g/mol. The molecule has 1 aliphatic rings. The maximum Gasteiger partial charge on any atom is 0.341 e. The van der Waals surface area contributed by atoms with E-state index in [1.165, 1.54) is 12.1 Å². The summed E-state index contributed by atoms with van der Waals surface area (Å²) in [4.78, 5) is 25.4. The fourth-order valence-corrected chi connectivity index (χ4v) is 3.33. The zero-order chi connectivity index (χ0) is 20.3. The molecule has 2 aromatic carbocycles. The molecule has 0 radical (unpaired) electrons. The molecule has 0 aliphatic carbocycles. The van der Waals surface area contributed by atoms with E-state index in [2.05, 4.69) is 0 Å². The SMILES string of the molecule is Cc1cc(C(=O)N2CCOC(c3ccc(F)cc3)C2)cc(C)c1OCC(=O)O. The molecule has 1 amide bonds. The number of morpholine rings is 1. The van der Waals surface area contributed by atoms with Crippen molar-refractivity contribution in [1.82, 2.24) is 4.90 Å². The van der Waals surface area contributed by atoms with Gasteiger partial charge in [-0.3, -0.25) is 4.79 Å². The molecule has 0 spiro atoms. The van der Waals surface area contributed by atoms with Crippen LogP contribution in [0.15, 0.2) is 36.4 Å². The Balaban J connectivity index is 1.75. The van der Waals surface area contributed by atoms with E-state index in [4.69, 9.17) is 14.6 Å². The number of carboxylic acids is 1. The summed E-state index contributed by atoms with van der Waals surface area (Å²) in [5.41, 5.74) is 2.74. The van der Waals surface area contributed by atoms with E-state index in [-0.39, 0.29) is 17.8 Å². The van der Waals surface area contributed by atoms with Gasteiger partial charge in [0.15, 0.2) is 6.61 Å². The molecule has 1 heterocycles. The summed E-state index contributed by atoms with van der Waals surface area (Å²) < 4.78 is 24.2. The number of carboxylic acid groups (broad SMARTS) is 1. The van der Waals surface area contributed by atoms with Crippen molar-refractivity contribution in [2.75, 3.05) is 26.3 Å². The van der Waals surface area contributed by atoms with E-state index in [9.17, 15) is 14.0 Å². The van der Waals surface area contributed by atoms with E-state index in [0.29, 0.717) is 42.1 Å². The topological polar surface area (TPSA) is 76.1 Å². The molecular weight excluding hydrogens is 365 g/mol. The van der Waals surface area contributed by atoms with Crippen LogP contribution in [0.2, 0.25) is 0 Å². The van der Waals surface area contributed by atoms with Crippen LogP contribution in [0.4, 0.5) is 4.39 Å². The van der Waals surface area contributed by atoms with Crippen molar-refractivity contribution in [2.24, 2.45) is 0 Å². The largest absolute Gasteiger partial charge is 0.481 e. The van der Waals surface area contributed by atoms with Crippen molar-refractivity contribution in [3.63, 3.8) is 0 Å². The van der Waals surface area contributed by atoms with Crippen LogP contribution in [0.25, 0.3) is 0 Å². The number of aliphatic carboxylic acids is 1. The number of carbonyl (C=O) groups excluding carboxylic acids is 1. The van der Waals surface area contributed by atoms with E-state index >= 15 is 0 Å². The van der Waals surface area contributed by atoms with Crippen molar-refractivity contribution < 1.29 is 28.6 Å². The highest BCUT2D eigenvalue weighted by Gasteiger charge is 2.27. The highest BCUT2D eigenvalue weighted by molar-refractivity contribution is 5.95. The second-order valence-corrected chi connectivity index (χ2v) is 6.78.